The molecule has 1 aromatic heterocycles. The Morgan fingerprint density at radius 1 is 1.17 bits per heavy atom. The van der Waals surface area contributed by atoms with Crippen molar-refractivity contribution in [2.75, 3.05) is 12.4 Å². The number of hydrazone groups is 1. The largest absolute Gasteiger partial charge is 0.493 e. The number of carbonyl (C=O) groups is 1. The van der Waals surface area contributed by atoms with Crippen LogP contribution in [0.2, 0.25) is 0 Å². The molecule has 4 aromatic rings. The molecule has 0 radical (unpaired) electrons. The van der Waals surface area contributed by atoms with Crippen LogP contribution in [-0.4, -0.2) is 29.5 Å². The molecule has 0 saturated heterocycles. The van der Waals surface area contributed by atoms with Crippen LogP contribution >= 0.6 is 23.1 Å². The van der Waals surface area contributed by atoms with Gasteiger partial charge in [-0.2, -0.15) is 5.10 Å². The van der Waals surface area contributed by atoms with Gasteiger partial charge in [-0.1, -0.05) is 54.2 Å². The summed E-state index contributed by atoms with van der Waals surface area (Å²) in [5, 5.41) is 6.28. The van der Waals surface area contributed by atoms with Gasteiger partial charge in [0.25, 0.3) is 5.91 Å². The van der Waals surface area contributed by atoms with E-state index in [0.29, 0.717) is 6.61 Å². The fourth-order valence-corrected chi connectivity index (χ4v) is 4.79. The highest BCUT2D eigenvalue weighted by Gasteiger charge is 2.09. The summed E-state index contributed by atoms with van der Waals surface area (Å²) in [4.78, 5) is 16.7. The van der Waals surface area contributed by atoms with Gasteiger partial charge in [0.15, 0.2) is 4.34 Å². The second kappa shape index (κ2) is 9.07. The van der Waals surface area contributed by atoms with Gasteiger partial charge in [0.2, 0.25) is 0 Å². The first-order chi connectivity index (χ1) is 14.2. The maximum absolute atomic E-state index is 12.2. The number of thiazole rings is 1. The number of aromatic nitrogens is 1. The number of hydrogen-bond acceptors (Lipinski definition) is 6. The van der Waals surface area contributed by atoms with E-state index >= 15 is 0 Å². The van der Waals surface area contributed by atoms with Crippen molar-refractivity contribution in [2.45, 2.75) is 11.3 Å². The molecule has 0 fully saturated rings. The van der Waals surface area contributed by atoms with Gasteiger partial charge in [0.05, 0.1) is 28.8 Å². The Labute approximate surface area is 176 Å². The summed E-state index contributed by atoms with van der Waals surface area (Å²) in [6, 6.07) is 19.9. The second-order valence-corrected chi connectivity index (χ2v) is 8.41. The number of thioether (sulfide) groups is 1. The zero-order valence-electron chi connectivity index (χ0n) is 15.8. The van der Waals surface area contributed by atoms with E-state index in [1.54, 1.807) is 17.6 Å². The second-order valence-electron chi connectivity index (χ2n) is 6.16. The minimum absolute atomic E-state index is 0.177. The van der Waals surface area contributed by atoms with Gasteiger partial charge in [-0.25, -0.2) is 10.4 Å². The van der Waals surface area contributed by atoms with Crippen LogP contribution in [0.5, 0.6) is 5.75 Å². The third-order valence-electron chi connectivity index (χ3n) is 4.21. The van der Waals surface area contributed by atoms with Crippen LogP contribution in [0, 0.1) is 0 Å². The van der Waals surface area contributed by atoms with Crippen LogP contribution in [-0.2, 0) is 4.79 Å². The fraction of sp³-hybridized carbons (Fsp3) is 0.136. The number of carbonyl (C=O) groups excluding carboxylic acids is 1. The Hall–Kier alpha value is -2.90. The summed E-state index contributed by atoms with van der Waals surface area (Å²) in [5.41, 5.74) is 4.41. The van der Waals surface area contributed by atoms with Crippen molar-refractivity contribution in [3.05, 3.63) is 66.2 Å². The first-order valence-corrected chi connectivity index (χ1v) is 11.0. The van der Waals surface area contributed by atoms with Gasteiger partial charge >= 0.3 is 0 Å². The average molecular weight is 422 g/mol. The van der Waals surface area contributed by atoms with Gasteiger partial charge in [0, 0.05) is 5.56 Å². The van der Waals surface area contributed by atoms with Crippen LogP contribution in [0.3, 0.4) is 0 Å². The Balaban J connectivity index is 1.42. The topological polar surface area (TPSA) is 63.6 Å². The van der Waals surface area contributed by atoms with Gasteiger partial charge in [-0.15, -0.1) is 11.3 Å². The standard InChI is InChI=1S/C22H19N3O2S2/c1-2-27-19-12-11-15-7-3-4-8-16(15)17(19)13-23-25-21(26)14-28-22-24-18-9-5-6-10-20(18)29-22/h3-13H,2,14H2,1H3,(H,25,26)/b23-13+. The van der Waals surface area contributed by atoms with E-state index in [4.69, 9.17) is 4.74 Å². The molecule has 1 amide bonds. The highest BCUT2D eigenvalue weighted by molar-refractivity contribution is 8.01. The molecule has 1 N–H and O–H groups in total. The molecule has 0 aliphatic heterocycles. The van der Waals surface area contributed by atoms with Crippen molar-refractivity contribution in [1.29, 1.82) is 0 Å². The Bertz CT molecular complexity index is 1150. The van der Waals surface area contributed by atoms with E-state index in [2.05, 4.69) is 15.5 Å². The third-order valence-corrected chi connectivity index (χ3v) is 6.39. The molecule has 5 nitrogen and oxygen atoms in total. The third kappa shape index (κ3) is 4.58. The molecular weight excluding hydrogens is 402 g/mol. The predicted octanol–water partition coefficient (Wildman–Crippen LogP) is 5.09. The molecule has 0 unspecified atom stereocenters. The van der Waals surface area contributed by atoms with Gasteiger partial charge in [-0.05, 0) is 35.9 Å². The molecule has 29 heavy (non-hydrogen) atoms. The van der Waals surface area contributed by atoms with Crippen LogP contribution in [0.15, 0.2) is 70.1 Å². The SMILES string of the molecule is CCOc1ccc2ccccc2c1/C=N/NC(=O)CSc1nc2ccccc2s1. The quantitative estimate of drug-likeness (QED) is 0.256. The molecule has 4 rings (SSSR count). The van der Waals surface area contributed by atoms with E-state index in [9.17, 15) is 4.79 Å². The van der Waals surface area contributed by atoms with Gasteiger partial charge in [-0.3, -0.25) is 4.79 Å². The smallest absolute Gasteiger partial charge is 0.250 e. The Morgan fingerprint density at radius 3 is 2.86 bits per heavy atom. The summed E-state index contributed by atoms with van der Waals surface area (Å²) in [5.74, 6) is 0.821. The number of nitrogens with one attached hydrogen (secondary N) is 1. The number of ether oxygens (including phenoxy) is 1. The molecule has 0 aliphatic carbocycles. The lowest BCUT2D eigenvalue weighted by Crippen LogP contribution is -2.19. The molecular formula is C22H19N3O2S2. The number of para-hydroxylation sites is 1. The van der Waals surface area contributed by atoms with Crippen molar-refractivity contribution in [1.82, 2.24) is 10.4 Å². The van der Waals surface area contributed by atoms with Crippen molar-refractivity contribution in [2.24, 2.45) is 5.10 Å². The summed E-state index contributed by atoms with van der Waals surface area (Å²) in [6.45, 7) is 2.50. The number of benzene rings is 3. The van der Waals surface area contributed by atoms with Crippen LogP contribution in [0.4, 0.5) is 0 Å². The lowest BCUT2D eigenvalue weighted by Gasteiger charge is -2.10. The summed E-state index contributed by atoms with van der Waals surface area (Å²) in [7, 11) is 0. The summed E-state index contributed by atoms with van der Waals surface area (Å²) in [6.07, 6.45) is 1.65. The Kier molecular flexibility index (Phi) is 6.07. The lowest BCUT2D eigenvalue weighted by molar-refractivity contribution is -0.118. The normalized spacial score (nSPS) is 11.3. The first kappa shape index (κ1) is 19.4. The molecule has 7 heteroatoms. The first-order valence-electron chi connectivity index (χ1n) is 9.19. The molecule has 0 saturated carbocycles. The number of amides is 1. The predicted molar refractivity (Wildman–Crippen MR) is 121 cm³/mol. The van der Waals surface area contributed by atoms with Gasteiger partial charge in [0.1, 0.15) is 5.75 Å². The summed E-state index contributed by atoms with van der Waals surface area (Å²) < 4.78 is 7.71. The number of rotatable bonds is 7. The summed E-state index contributed by atoms with van der Waals surface area (Å²) >= 11 is 3.00. The molecule has 146 valence electrons. The molecule has 0 spiro atoms. The Morgan fingerprint density at radius 2 is 2.00 bits per heavy atom. The number of hydrogen-bond donors (Lipinski definition) is 1. The molecule has 3 aromatic carbocycles. The molecule has 1 heterocycles. The van der Waals surface area contributed by atoms with Gasteiger partial charge < -0.3 is 4.74 Å². The maximum Gasteiger partial charge on any atom is 0.250 e. The van der Waals surface area contributed by atoms with Crippen LogP contribution in [0.25, 0.3) is 21.0 Å². The zero-order chi connectivity index (χ0) is 20.1. The van der Waals surface area contributed by atoms with Crippen molar-refractivity contribution in [3.63, 3.8) is 0 Å². The zero-order valence-corrected chi connectivity index (χ0v) is 17.4. The van der Waals surface area contributed by atoms with Crippen LogP contribution < -0.4 is 10.2 Å². The molecule has 0 atom stereocenters. The number of nitrogens with zero attached hydrogens (tertiary/aromatic N) is 2. The maximum atomic E-state index is 12.2. The van der Waals surface area contributed by atoms with Crippen molar-refractivity contribution in [3.8, 4) is 5.75 Å². The van der Waals surface area contributed by atoms with Crippen molar-refractivity contribution >= 4 is 56.2 Å². The number of fused-ring (bicyclic) bond motifs is 2. The highest BCUT2D eigenvalue weighted by atomic mass is 32.2. The highest BCUT2D eigenvalue weighted by Crippen LogP contribution is 2.29. The lowest BCUT2D eigenvalue weighted by atomic mass is 10.0. The minimum atomic E-state index is -0.177. The van der Waals surface area contributed by atoms with E-state index in [0.717, 1.165) is 36.6 Å². The van der Waals surface area contributed by atoms with E-state index in [1.807, 2.05) is 67.6 Å². The minimum Gasteiger partial charge on any atom is -0.493 e. The average Bonchev–Trinajstić information content (AvgIpc) is 3.17. The van der Waals surface area contributed by atoms with Crippen LogP contribution in [0.1, 0.15) is 12.5 Å². The molecule has 0 bridgehead atoms. The fourth-order valence-electron chi connectivity index (χ4n) is 2.93. The van der Waals surface area contributed by atoms with E-state index < -0.39 is 0 Å². The van der Waals surface area contributed by atoms with E-state index in [1.165, 1.54) is 11.8 Å². The monoisotopic (exact) mass is 421 g/mol. The van der Waals surface area contributed by atoms with Crippen molar-refractivity contribution < 1.29 is 9.53 Å². The molecule has 0 aliphatic rings. The van der Waals surface area contributed by atoms with E-state index in [-0.39, 0.29) is 11.7 Å².